The molecule has 2 heterocycles. The molecule has 1 fully saturated rings. The average Bonchev–Trinajstić information content (AvgIpc) is 3.05. The first-order chi connectivity index (χ1) is 9.19. The Labute approximate surface area is 120 Å². The third-order valence-corrected chi connectivity index (χ3v) is 4.68. The maximum absolute atomic E-state index is 5.91. The summed E-state index contributed by atoms with van der Waals surface area (Å²) in [7, 11) is 0. The number of aryl methyl sites for hydroxylation is 2. The number of nitrogens with two attached hydrogens (primary N) is 1. The monoisotopic (exact) mass is 275 g/mol. The fourth-order valence-electron chi connectivity index (χ4n) is 3.24. The molecule has 2 aliphatic rings. The molecule has 0 bridgehead atoms. The molecule has 3 nitrogen and oxygen atoms in total. The Morgan fingerprint density at radius 1 is 1.53 bits per heavy atom. The zero-order valence-corrected chi connectivity index (χ0v) is 12.3. The van der Waals surface area contributed by atoms with Crippen LogP contribution < -0.4 is 10.6 Å². The van der Waals surface area contributed by atoms with Crippen molar-refractivity contribution in [1.29, 1.82) is 0 Å². The Hall–Kier alpha value is -1.16. The van der Waals surface area contributed by atoms with Crippen LogP contribution >= 0.6 is 12.2 Å². The second-order valence-corrected chi connectivity index (χ2v) is 6.13. The van der Waals surface area contributed by atoms with E-state index in [1.807, 2.05) is 0 Å². The van der Waals surface area contributed by atoms with Gasteiger partial charge in [0.25, 0.3) is 0 Å². The van der Waals surface area contributed by atoms with Gasteiger partial charge in [-0.3, -0.25) is 0 Å². The molecule has 0 saturated carbocycles. The first kappa shape index (κ1) is 12.9. The van der Waals surface area contributed by atoms with Gasteiger partial charge in [0.15, 0.2) is 0 Å². The van der Waals surface area contributed by atoms with Gasteiger partial charge in [-0.15, -0.1) is 0 Å². The number of nitrogens with zero attached hydrogens (tertiary/aromatic N) is 2. The van der Waals surface area contributed by atoms with Crippen LogP contribution in [0.25, 0.3) is 0 Å². The van der Waals surface area contributed by atoms with Crippen LogP contribution in [-0.2, 0) is 12.8 Å². The van der Waals surface area contributed by atoms with Crippen LogP contribution in [0.1, 0.15) is 43.0 Å². The highest BCUT2D eigenvalue weighted by Crippen LogP contribution is 2.31. The summed E-state index contributed by atoms with van der Waals surface area (Å²) in [6, 6.07) is 2.19. The molecule has 1 atom stereocenters. The lowest BCUT2D eigenvalue weighted by molar-refractivity contribution is 0.568. The number of thiocarbonyl (C=S) groups is 1. The van der Waals surface area contributed by atoms with Crippen molar-refractivity contribution in [2.24, 2.45) is 11.7 Å². The lowest BCUT2D eigenvalue weighted by atomic mass is 10.1. The molecule has 1 aromatic rings. The van der Waals surface area contributed by atoms with E-state index in [-0.39, 0.29) is 0 Å². The molecule has 4 heteroatoms. The molecule has 3 rings (SSSR count). The van der Waals surface area contributed by atoms with E-state index >= 15 is 0 Å². The molecule has 1 aliphatic heterocycles. The van der Waals surface area contributed by atoms with Crippen LogP contribution in [0.5, 0.6) is 0 Å². The molecule has 0 amide bonds. The van der Waals surface area contributed by atoms with Gasteiger partial charge in [0.05, 0.1) is 5.56 Å². The number of pyridine rings is 1. The van der Waals surface area contributed by atoms with E-state index in [1.165, 1.54) is 30.5 Å². The molecular formula is C15H21N3S. The van der Waals surface area contributed by atoms with E-state index < -0.39 is 0 Å². The molecule has 1 aliphatic carbocycles. The molecule has 102 valence electrons. The number of hydrogen-bond donors (Lipinski definition) is 1. The van der Waals surface area contributed by atoms with Gasteiger partial charge in [0, 0.05) is 18.8 Å². The summed E-state index contributed by atoms with van der Waals surface area (Å²) in [5, 5.41) is 0. The zero-order valence-electron chi connectivity index (χ0n) is 11.5. The topological polar surface area (TPSA) is 42.2 Å². The van der Waals surface area contributed by atoms with Gasteiger partial charge < -0.3 is 10.6 Å². The summed E-state index contributed by atoms with van der Waals surface area (Å²) in [5.41, 5.74) is 9.49. The van der Waals surface area contributed by atoms with Crippen molar-refractivity contribution in [3.8, 4) is 0 Å². The van der Waals surface area contributed by atoms with Gasteiger partial charge in [0.1, 0.15) is 10.8 Å². The van der Waals surface area contributed by atoms with Gasteiger partial charge in [-0.25, -0.2) is 4.98 Å². The predicted molar refractivity (Wildman–Crippen MR) is 82.8 cm³/mol. The number of rotatable bonds is 3. The van der Waals surface area contributed by atoms with Gasteiger partial charge in [-0.05, 0) is 43.2 Å². The largest absolute Gasteiger partial charge is 0.389 e. The minimum atomic E-state index is 0.483. The van der Waals surface area contributed by atoms with Crippen molar-refractivity contribution >= 4 is 23.0 Å². The molecule has 1 aromatic heterocycles. The smallest absolute Gasteiger partial charge is 0.139 e. The maximum Gasteiger partial charge on any atom is 0.139 e. The Balaban J connectivity index is 1.98. The highest BCUT2D eigenvalue weighted by atomic mass is 32.1. The maximum atomic E-state index is 5.91. The molecule has 2 N–H and O–H groups in total. The van der Waals surface area contributed by atoms with E-state index in [1.54, 1.807) is 0 Å². The minimum Gasteiger partial charge on any atom is -0.389 e. The summed E-state index contributed by atoms with van der Waals surface area (Å²) >= 11 is 5.23. The number of fused-ring (bicyclic) bond motifs is 1. The summed E-state index contributed by atoms with van der Waals surface area (Å²) in [4.78, 5) is 7.74. The van der Waals surface area contributed by atoms with Crippen LogP contribution in [0.4, 0.5) is 5.82 Å². The normalized spacial score (nSPS) is 21.7. The third kappa shape index (κ3) is 2.34. The molecule has 1 unspecified atom stereocenters. The Bertz CT molecular complexity index is 512. The molecule has 0 spiro atoms. The van der Waals surface area contributed by atoms with Crippen molar-refractivity contribution in [1.82, 2.24) is 4.98 Å². The molecular weight excluding hydrogens is 254 g/mol. The van der Waals surface area contributed by atoms with Gasteiger partial charge >= 0.3 is 0 Å². The Morgan fingerprint density at radius 2 is 2.37 bits per heavy atom. The van der Waals surface area contributed by atoms with Crippen molar-refractivity contribution < 1.29 is 0 Å². The highest BCUT2D eigenvalue weighted by molar-refractivity contribution is 7.80. The van der Waals surface area contributed by atoms with E-state index in [0.717, 1.165) is 43.2 Å². The molecule has 0 radical (unpaired) electrons. The average molecular weight is 275 g/mol. The van der Waals surface area contributed by atoms with Crippen LogP contribution in [0.3, 0.4) is 0 Å². The van der Waals surface area contributed by atoms with Crippen LogP contribution in [0.15, 0.2) is 6.07 Å². The molecule has 19 heavy (non-hydrogen) atoms. The predicted octanol–water partition coefficient (Wildman–Crippen LogP) is 2.44. The summed E-state index contributed by atoms with van der Waals surface area (Å²) in [6.07, 6.45) is 5.93. The first-order valence-electron chi connectivity index (χ1n) is 7.26. The Kier molecular flexibility index (Phi) is 3.44. The Morgan fingerprint density at radius 3 is 3.05 bits per heavy atom. The van der Waals surface area contributed by atoms with Crippen molar-refractivity contribution in [3.63, 3.8) is 0 Å². The fourth-order valence-corrected chi connectivity index (χ4v) is 3.39. The van der Waals surface area contributed by atoms with Crippen LogP contribution in [-0.4, -0.2) is 23.1 Å². The number of aromatic nitrogens is 1. The van der Waals surface area contributed by atoms with Crippen LogP contribution in [0.2, 0.25) is 0 Å². The number of hydrogen-bond acceptors (Lipinski definition) is 3. The molecule has 0 aromatic carbocycles. The van der Waals surface area contributed by atoms with Gasteiger partial charge in [-0.2, -0.15) is 0 Å². The van der Waals surface area contributed by atoms with Crippen molar-refractivity contribution in [3.05, 3.63) is 22.9 Å². The second-order valence-electron chi connectivity index (χ2n) is 5.69. The van der Waals surface area contributed by atoms with E-state index in [0.29, 0.717) is 4.99 Å². The lowest BCUT2D eigenvalue weighted by Gasteiger charge is -2.21. The second kappa shape index (κ2) is 5.08. The van der Waals surface area contributed by atoms with E-state index in [4.69, 9.17) is 22.9 Å². The lowest BCUT2D eigenvalue weighted by Crippen LogP contribution is -2.25. The van der Waals surface area contributed by atoms with Crippen molar-refractivity contribution in [2.45, 2.75) is 39.0 Å². The number of anilines is 1. The first-order valence-corrected chi connectivity index (χ1v) is 7.67. The van der Waals surface area contributed by atoms with E-state index in [9.17, 15) is 0 Å². The van der Waals surface area contributed by atoms with Gasteiger partial charge in [-0.1, -0.05) is 25.6 Å². The van der Waals surface area contributed by atoms with Crippen LogP contribution in [0, 0.1) is 5.92 Å². The highest BCUT2D eigenvalue weighted by Gasteiger charge is 2.26. The fraction of sp³-hybridized carbons (Fsp3) is 0.600. The summed E-state index contributed by atoms with van der Waals surface area (Å²) in [5.74, 6) is 1.82. The van der Waals surface area contributed by atoms with Gasteiger partial charge in [0.2, 0.25) is 0 Å². The summed E-state index contributed by atoms with van der Waals surface area (Å²) < 4.78 is 0. The van der Waals surface area contributed by atoms with E-state index in [2.05, 4.69) is 17.9 Å². The minimum absolute atomic E-state index is 0.483. The molecule has 1 saturated heterocycles. The standard InChI is InChI=1S/C15H21N3S/c1-2-10-6-7-18(9-10)15-12(14(16)19)8-11-4-3-5-13(11)17-15/h8,10H,2-7,9H2,1H3,(H2,16,19). The third-order valence-electron chi connectivity index (χ3n) is 4.46. The summed E-state index contributed by atoms with van der Waals surface area (Å²) in [6.45, 7) is 4.44. The quantitative estimate of drug-likeness (QED) is 0.860. The zero-order chi connectivity index (χ0) is 13.4. The van der Waals surface area contributed by atoms with Crippen molar-refractivity contribution in [2.75, 3.05) is 18.0 Å². The SMILES string of the molecule is CCC1CCN(c2nc3c(cc2C(N)=S)CCC3)C1.